The van der Waals surface area contributed by atoms with Crippen LogP contribution in [0.4, 0.5) is 0 Å². The van der Waals surface area contributed by atoms with Gasteiger partial charge in [-0.3, -0.25) is 18.6 Å². The number of unbranched alkanes of at least 4 members (excludes halogenated alkanes) is 14. The quantitative estimate of drug-likeness (QED) is 0.0214. The minimum Gasteiger partial charge on any atom is -0.462 e. The smallest absolute Gasteiger partial charge is 0.462 e. The number of carbonyl (C=O) groups excluding carboxylic acids is 2. The number of esters is 2. The van der Waals surface area contributed by atoms with Crippen molar-refractivity contribution in [1.82, 2.24) is 0 Å². The molecule has 10 heteroatoms. The van der Waals surface area contributed by atoms with Crippen LogP contribution in [-0.2, 0) is 32.7 Å². The maximum absolute atomic E-state index is 12.7. The molecule has 0 rings (SSSR count). The van der Waals surface area contributed by atoms with Gasteiger partial charge in [0, 0.05) is 12.8 Å². The highest BCUT2D eigenvalue weighted by atomic mass is 31.2. The number of phosphoric acid groups is 1. The van der Waals surface area contributed by atoms with Crippen molar-refractivity contribution in [1.29, 1.82) is 0 Å². The molecule has 0 amide bonds. The van der Waals surface area contributed by atoms with E-state index in [0.29, 0.717) is 17.4 Å². The summed E-state index contributed by atoms with van der Waals surface area (Å²) in [6, 6.07) is 0. The number of ether oxygens (including phenoxy) is 2. The van der Waals surface area contributed by atoms with Gasteiger partial charge in [0.05, 0.1) is 27.7 Å². The molecule has 0 fully saturated rings. The van der Waals surface area contributed by atoms with Gasteiger partial charge < -0.3 is 18.9 Å². The SMILES string of the molecule is CC/C=C/C/C=C/C/C=C/C/C=C/CCCCC(=O)O[C@H](COC(=O)CCCCCCCCCCC/C=C/C/C=C/CCCCC)COP(=O)(O)OCC[N+](C)(C)C. The van der Waals surface area contributed by atoms with Crippen LogP contribution in [-0.4, -0.2) is 74.9 Å². The largest absolute Gasteiger partial charge is 0.472 e. The summed E-state index contributed by atoms with van der Waals surface area (Å²) in [7, 11) is 1.44. The number of nitrogens with zero attached hydrogens (tertiary/aromatic N) is 1. The molecule has 1 N–H and O–H groups in total. The molecule has 0 aliphatic rings. The lowest BCUT2D eigenvalue weighted by molar-refractivity contribution is -0.870. The fourth-order valence-electron chi connectivity index (χ4n) is 5.68. The summed E-state index contributed by atoms with van der Waals surface area (Å²) in [4.78, 5) is 35.4. The first kappa shape index (κ1) is 55.5. The van der Waals surface area contributed by atoms with E-state index >= 15 is 0 Å². The van der Waals surface area contributed by atoms with Gasteiger partial charge in [-0.1, -0.05) is 145 Å². The van der Waals surface area contributed by atoms with Crippen LogP contribution in [0, 0.1) is 0 Å². The molecule has 0 spiro atoms. The van der Waals surface area contributed by atoms with Gasteiger partial charge in [0.25, 0.3) is 0 Å². The van der Waals surface area contributed by atoms with Gasteiger partial charge in [-0.05, 0) is 83.5 Å². The highest BCUT2D eigenvalue weighted by Crippen LogP contribution is 2.43. The van der Waals surface area contributed by atoms with Gasteiger partial charge in [-0.15, -0.1) is 0 Å². The number of allylic oxidation sites excluding steroid dienone is 12. The van der Waals surface area contributed by atoms with E-state index in [9.17, 15) is 19.0 Å². The van der Waals surface area contributed by atoms with E-state index in [1.165, 1.54) is 57.8 Å². The number of likely N-dealkylation sites (N-methyl/N-ethyl adjacent to an activating group) is 1. The zero-order chi connectivity index (χ0) is 42.8. The molecule has 0 bridgehead atoms. The molecule has 0 radical (unpaired) electrons. The summed E-state index contributed by atoms with van der Waals surface area (Å²) < 4.78 is 34.3. The van der Waals surface area contributed by atoms with Gasteiger partial charge in [0.15, 0.2) is 6.10 Å². The van der Waals surface area contributed by atoms with Crippen LogP contribution < -0.4 is 0 Å². The summed E-state index contributed by atoms with van der Waals surface area (Å²) in [5.74, 6) is -0.857. The Labute approximate surface area is 355 Å². The van der Waals surface area contributed by atoms with Crippen molar-refractivity contribution in [3.05, 3.63) is 72.9 Å². The molecule has 0 saturated carbocycles. The summed E-state index contributed by atoms with van der Waals surface area (Å²) in [5, 5.41) is 0. The molecule has 0 heterocycles. The van der Waals surface area contributed by atoms with Crippen molar-refractivity contribution in [3.8, 4) is 0 Å². The van der Waals surface area contributed by atoms with Crippen molar-refractivity contribution < 1.29 is 42.1 Å². The Kier molecular flexibility index (Phi) is 38.1. The molecule has 0 aromatic carbocycles. The number of rotatable bonds is 40. The number of hydrogen-bond donors (Lipinski definition) is 1. The maximum atomic E-state index is 12.7. The second-order valence-corrected chi connectivity index (χ2v) is 17.5. The minimum atomic E-state index is -4.39. The molecule has 0 saturated heterocycles. The van der Waals surface area contributed by atoms with E-state index in [1.807, 2.05) is 21.1 Å². The van der Waals surface area contributed by atoms with Gasteiger partial charge in [0.1, 0.15) is 19.8 Å². The average Bonchev–Trinajstić information content (AvgIpc) is 3.17. The van der Waals surface area contributed by atoms with E-state index in [2.05, 4.69) is 86.8 Å². The van der Waals surface area contributed by atoms with Crippen molar-refractivity contribution in [2.24, 2.45) is 0 Å². The van der Waals surface area contributed by atoms with Crippen LogP contribution in [0.1, 0.15) is 168 Å². The van der Waals surface area contributed by atoms with Crippen molar-refractivity contribution in [3.63, 3.8) is 0 Å². The van der Waals surface area contributed by atoms with Crippen molar-refractivity contribution >= 4 is 19.8 Å². The Bertz CT molecular complexity index is 1220. The van der Waals surface area contributed by atoms with Crippen LogP contribution in [0.2, 0.25) is 0 Å². The molecule has 2 atom stereocenters. The predicted octanol–water partition coefficient (Wildman–Crippen LogP) is 13.0. The van der Waals surface area contributed by atoms with Crippen molar-refractivity contribution in [2.45, 2.75) is 174 Å². The zero-order valence-corrected chi connectivity index (χ0v) is 38.4. The molecule has 0 aliphatic heterocycles. The number of phosphoric ester groups is 1. The van der Waals surface area contributed by atoms with E-state index < -0.39 is 26.5 Å². The standard InChI is InChI=1S/C48H84NO8P/c1-6-8-10-12-14-16-18-20-22-23-24-25-27-28-30-32-34-36-38-40-47(50)54-44-46(45-56-58(52,53)55-43-42-49(3,4)5)57-48(51)41-39-37-35-33-31-29-26-21-19-17-15-13-11-9-7-2/h9,11,14-17,20-22,26,31,33,46H,6-8,10,12-13,18-19,23-25,27-30,32,34-45H2,1-5H3/p+1/b11-9+,16-14+,17-15+,22-20+,26-21+,33-31+/t46-/m1/s1. The Morgan fingerprint density at radius 3 is 1.50 bits per heavy atom. The Balaban J connectivity index is 4.39. The van der Waals surface area contributed by atoms with Crippen LogP contribution in [0.25, 0.3) is 0 Å². The highest BCUT2D eigenvalue weighted by Gasteiger charge is 2.27. The Morgan fingerprint density at radius 1 is 0.552 bits per heavy atom. The topological polar surface area (TPSA) is 108 Å². The van der Waals surface area contributed by atoms with Gasteiger partial charge in [-0.2, -0.15) is 0 Å². The molecule has 334 valence electrons. The highest BCUT2D eigenvalue weighted by molar-refractivity contribution is 7.47. The van der Waals surface area contributed by atoms with Crippen LogP contribution in [0.3, 0.4) is 0 Å². The third-order valence-corrected chi connectivity index (χ3v) is 10.2. The lowest BCUT2D eigenvalue weighted by Gasteiger charge is -2.24. The fraction of sp³-hybridized carbons (Fsp3) is 0.708. The molecule has 1 unspecified atom stereocenters. The first-order valence-electron chi connectivity index (χ1n) is 22.7. The van der Waals surface area contributed by atoms with Crippen molar-refractivity contribution in [2.75, 3.05) is 47.5 Å². The van der Waals surface area contributed by atoms with E-state index in [-0.39, 0.29) is 32.0 Å². The van der Waals surface area contributed by atoms with E-state index in [1.54, 1.807) is 0 Å². The van der Waals surface area contributed by atoms with E-state index in [0.717, 1.165) is 77.0 Å². The molecule has 9 nitrogen and oxygen atoms in total. The van der Waals surface area contributed by atoms with Crippen LogP contribution in [0.5, 0.6) is 0 Å². The Hall–Kier alpha value is -2.55. The monoisotopic (exact) mass is 835 g/mol. The third-order valence-electron chi connectivity index (χ3n) is 9.22. The first-order valence-corrected chi connectivity index (χ1v) is 24.2. The summed E-state index contributed by atoms with van der Waals surface area (Å²) >= 11 is 0. The van der Waals surface area contributed by atoms with Crippen LogP contribution in [0.15, 0.2) is 72.9 Å². The van der Waals surface area contributed by atoms with Gasteiger partial charge >= 0.3 is 19.8 Å². The molecular formula is C48H85NO8P+. The molecular weight excluding hydrogens is 750 g/mol. The average molecular weight is 835 g/mol. The maximum Gasteiger partial charge on any atom is 0.472 e. The fourth-order valence-corrected chi connectivity index (χ4v) is 6.42. The zero-order valence-electron chi connectivity index (χ0n) is 37.5. The molecule has 58 heavy (non-hydrogen) atoms. The number of carbonyl (C=O) groups is 2. The predicted molar refractivity (Wildman–Crippen MR) is 242 cm³/mol. The van der Waals surface area contributed by atoms with Crippen LogP contribution >= 0.6 is 7.82 Å². The molecule has 0 aliphatic carbocycles. The normalized spacial score (nSPS) is 14.2. The van der Waals surface area contributed by atoms with E-state index in [4.69, 9.17) is 18.5 Å². The molecule has 0 aromatic rings. The second-order valence-electron chi connectivity index (χ2n) is 16.0. The first-order chi connectivity index (χ1) is 28.0. The number of quaternary nitrogens is 1. The summed E-state index contributed by atoms with van der Waals surface area (Å²) in [6.07, 6.45) is 49.5. The number of hydrogen-bond acceptors (Lipinski definition) is 7. The lowest BCUT2D eigenvalue weighted by Crippen LogP contribution is -2.37. The lowest BCUT2D eigenvalue weighted by atomic mass is 10.1. The third kappa shape index (κ3) is 43.0. The minimum absolute atomic E-state index is 0.0194. The summed E-state index contributed by atoms with van der Waals surface area (Å²) in [6.45, 7) is 4.22. The Morgan fingerprint density at radius 2 is 0.983 bits per heavy atom. The second kappa shape index (κ2) is 39.9. The van der Waals surface area contributed by atoms with Gasteiger partial charge in [0.2, 0.25) is 0 Å². The molecule has 0 aromatic heterocycles. The summed E-state index contributed by atoms with van der Waals surface area (Å²) in [5.41, 5.74) is 0. The van der Waals surface area contributed by atoms with Gasteiger partial charge in [-0.25, -0.2) is 4.57 Å².